The first-order chi connectivity index (χ1) is 5.16. The Labute approximate surface area is 66.5 Å². The molecule has 0 bridgehead atoms. The molecule has 0 unspecified atom stereocenters. The Hall–Kier alpha value is -0.860. The molecule has 0 spiro atoms. The molecular formula is C8H13NO2. The van der Waals surface area contributed by atoms with Crippen molar-refractivity contribution in [1.82, 2.24) is 0 Å². The highest BCUT2D eigenvalue weighted by Gasteiger charge is 2.32. The Morgan fingerprint density at radius 3 is 2.45 bits per heavy atom. The summed E-state index contributed by atoms with van der Waals surface area (Å²) in [5.74, 6) is 0.699. The molecule has 62 valence electrons. The zero-order valence-corrected chi connectivity index (χ0v) is 7.13. The second-order valence-electron chi connectivity index (χ2n) is 2.80. The van der Waals surface area contributed by atoms with Crippen molar-refractivity contribution < 1.29 is 9.53 Å². The number of carbonyl (C=O) groups excluding carboxylic acids is 1. The number of nitrogens with zero attached hydrogens (tertiary/aromatic N) is 1. The van der Waals surface area contributed by atoms with Gasteiger partial charge in [0, 0.05) is 11.8 Å². The number of hydrogen-bond acceptors (Lipinski definition) is 2. The Morgan fingerprint density at radius 1 is 1.45 bits per heavy atom. The minimum atomic E-state index is -0.0547. The lowest BCUT2D eigenvalue weighted by Crippen LogP contribution is -2.16. The summed E-state index contributed by atoms with van der Waals surface area (Å²) in [6.07, 6.45) is 0. The van der Waals surface area contributed by atoms with Crippen LogP contribution in [-0.2, 0) is 9.53 Å². The molecule has 3 nitrogen and oxygen atoms in total. The third-order valence-electron chi connectivity index (χ3n) is 2.04. The first kappa shape index (κ1) is 8.24. The lowest BCUT2D eigenvalue weighted by molar-refractivity contribution is -0.120. The van der Waals surface area contributed by atoms with Crippen LogP contribution in [0.4, 0.5) is 0 Å². The van der Waals surface area contributed by atoms with Crippen LogP contribution in [0.3, 0.4) is 0 Å². The van der Waals surface area contributed by atoms with Crippen molar-refractivity contribution in [1.29, 1.82) is 0 Å². The van der Waals surface area contributed by atoms with Gasteiger partial charge in [-0.2, -0.15) is 4.99 Å². The van der Waals surface area contributed by atoms with Gasteiger partial charge >= 0.3 is 0 Å². The largest absolute Gasteiger partial charge is 0.481 e. The van der Waals surface area contributed by atoms with Gasteiger partial charge < -0.3 is 4.74 Å². The second kappa shape index (κ2) is 3.03. The van der Waals surface area contributed by atoms with Crippen LogP contribution in [0.1, 0.15) is 20.8 Å². The van der Waals surface area contributed by atoms with E-state index in [9.17, 15) is 4.79 Å². The molecule has 2 atom stereocenters. The molecule has 0 aromatic heterocycles. The molecule has 3 heteroatoms. The number of rotatable bonds is 1. The zero-order valence-electron chi connectivity index (χ0n) is 7.13. The maximum atomic E-state index is 11.0. The molecule has 0 aromatic rings. The molecule has 0 aliphatic carbocycles. The van der Waals surface area contributed by atoms with Gasteiger partial charge in [0.2, 0.25) is 0 Å². The molecule has 1 heterocycles. The van der Waals surface area contributed by atoms with Gasteiger partial charge in [-0.15, -0.1) is 0 Å². The fraction of sp³-hybridized carbons (Fsp3) is 0.750. The summed E-state index contributed by atoms with van der Waals surface area (Å²) in [5.41, 5.74) is 0. The van der Waals surface area contributed by atoms with Gasteiger partial charge in [-0.3, -0.25) is 4.79 Å². The predicted molar refractivity (Wildman–Crippen MR) is 42.4 cm³/mol. The Morgan fingerprint density at radius 2 is 2.09 bits per heavy atom. The normalized spacial score (nSPS) is 30.5. The van der Waals surface area contributed by atoms with Crippen molar-refractivity contribution in [3.05, 3.63) is 0 Å². The van der Waals surface area contributed by atoms with Crippen molar-refractivity contribution in [3.8, 4) is 0 Å². The zero-order chi connectivity index (χ0) is 8.43. The van der Waals surface area contributed by atoms with E-state index in [-0.39, 0.29) is 17.7 Å². The van der Waals surface area contributed by atoms with E-state index >= 15 is 0 Å². The fourth-order valence-electron chi connectivity index (χ4n) is 1.05. The maximum absolute atomic E-state index is 11.0. The quantitative estimate of drug-likeness (QED) is 0.571. The standard InChI is InChI=1S/C8H13NO2/c1-4-11-8-6(3)5(2)7(10)9-8/h5-6H,4H2,1-3H3/t5-,6-/m1/s1. The van der Waals surface area contributed by atoms with Crippen LogP contribution >= 0.6 is 0 Å². The lowest BCUT2D eigenvalue weighted by atomic mass is 9.99. The van der Waals surface area contributed by atoms with Gasteiger partial charge in [-0.25, -0.2) is 0 Å². The second-order valence-corrected chi connectivity index (χ2v) is 2.80. The van der Waals surface area contributed by atoms with Crippen molar-refractivity contribution in [2.24, 2.45) is 16.8 Å². The molecule has 1 aliphatic rings. The van der Waals surface area contributed by atoms with Crippen molar-refractivity contribution in [2.45, 2.75) is 20.8 Å². The van der Waals surface area contributed by atoms with Gasteiger partial charge in [0.25, 0.3) is 5.91 Å². The summed E-state index contributed by atoms with van der Waals surface area (Å²) in [6.45, 7) is 6.32. The number of amides is 1. The number of aliphatic imine (C=N–C) groups is 1. The van der Waals surface area contributed by atoms with Crippen LogP contribution in [0.5, 0.6) is 0 Å². The van der Waals surface area contributed by atoms with Crippen LogP contribution in [0.25, 0.3) is 0 Å². The van der Waals surface area contributed by atoms with Crippen molar-refractivity contribution in [3.63, 3.8) is 0 Å². The van der Waals surface area contributed by atoms with Gasteiger partial charge in [-0.05, 0) is 6.92 Å². The van der Waals surface area contributed by atoms with Crippen molar-refractivity contribution in [2.75, 3.05) is 6.61 Å². The topological polar surface area (TPSA) is 38.7 Å². The molecular weight excluding hydrogens is 142 g/mol. The Kier molecular flexibility index (Phi) is 2.27. The number of carbonyl (C=O) groups is 1. The van der Waals surface area contributed by atoms with Crippen LogP contribution in [0.2, 0.25) is 0 Å². The Balaban J connectivity index is 2.67. The summed E-state index contributed by atoms with van der Waals surface area (Å²) in [4.78, 5) is 14.8. The van der Waals surface area contributed by atoms with Crippen LogP contribution < -0.4 is 0 Å². The monoisotopic (exact) mass is 155 g/mol. The van der Waals surface area contributed by atoms with E-state index in [4.69, 9.17) is 4.74 Å². The number of ether oxygens (including phenoxy) is 1. The van der Waals surface area contributed by atoms with E-state index in [1.165, 1.54) is 0 Å². The molecule has 1 amide bonds. The molecule has 0 N–H and O–H groups in total. The van der Waals surface area contributed by atoms with E-state index in [0.717, 1.165) is 0 Å². The summed E-state index contributed by atoms with van der Waals surface area (Å²) < 4.78 is 5.19. The lowest BCUT2D eigenvalue weighted by Gasteiger charge is -2.09. The summed E-state index contributed by atoms with van der Waals surface area (Å²) >= 11 is 0. The molecule has 0 saturated heterocycles. The molecule has 1 rings (SSSR count). The smallest absolute Gasteiger partial charge is 0.252 e. The fourth-order valence-corrected chi connectivity index (χ4v) is 1.05. The SMILES string of the molecule is CCOC1=NC(=O)[C@H](C)[C@H]1C. The highest BCUT2D eigenvalue weighted by molar-refractivity contribution is 6.01. The summed E-state index contributed by atoms with van der Waals surface area (Å²) in [5, 5.41) is 0. The first-order valence-corrected chi connectivity index (χ1v) is 3.92. The van der Waals surface area contributed by atoms with Gasteiger partial charge in [0.1, 0.15) is 0 Å². The molecule has 0 radical (unpaired) electrons. The van der Waals surface area contributed by atoms with E-state index in [1.807, 2.05) is 20.8 Å². The third-order valence-corrected chi connectivity index (χ3v) is 2.04. The van der Waals surface area contributed by atoms with Gasteiger partial charge in [-0.1, -0.05) is 13.8 Å². The minimum Gasteiger partial charge on any atom is -0.481 e. The maximum Gasteiger partial charge on any atom is 0.252 e. The highest BCUT2D eigenvalue weighted by Crippen LogP contribution is 2.22. The van der Waals surface area contributed by atoms with E-state index in [2.05, 4.69) is 4.99 Å². The average molecular weight is 155 g/mol. The molecule has 11 heavy (non-hydrogen) atoms. The highest BCUT2D eigenvalue weighted by atomic mass is 16.5. The molecule has 1 aliphatic heterocycles. The van der Waals surface area contributed by atoms with Gasteiger partial charge in [0.15, 0.2) is 5.90 Å². The molecule has 0 saturated carbocycles. The first-order valence-electron chi connectivity index (χ1n) is 3.92. The van der Waals surface area contributed by atoms with E-state index in [1.54, 1.807) is 0 Å². The van der Waals surface area contributed by atoms with Crippen LogP contribution in [-0.4, -0.2) is 18.4 Å². The Bertz CT molecular complexity index is 198. The summed E-state index contributed by atoms with van der Waals surface area (Å²) in [6, 6.07) is 0. The predicted octanol–water partition coefficient (Wildman–Crippen LogP) is 1.23. The minimum absolute atomic E-state index is 0.00319. The van der Waals surface area contributed by atoms with E-state index in [0.29, 0.717) is 12.5 Å². The van der Waals surface area contributed by atoms with Gasteiger partial charge in [0.05, 0.1) is 6.61 Å². The third kappa shape index (κ3) is 1.42. The van der Waals surface area contributed by atoms with E-state index < -0.39 is 0 Å². The average Bonchev–Trinajstić information content (AvgIpc) is 2.19. The summed E-state index contributed by atoms with van der Waals surface area (Å²) in [7, 11) is 0. The van der Waals surface area contributed by atoms with Crippen LogP contribution in [0, 0.1) is 11.8 Å². The van der Waals surface area contributed by atoms with Crippen molar-refractivity contribution >= 4 is 11.8 Å². The molecule has 0 fully saturated rings. The molecule has 0 aromatic carbocycles. The number of hydrogen-bond donors (Lipinski definition) is 0. The van der Waals surface area contributed by atoms with Crippen LogP contribution in [0.15, 0.2) is 4.99 Å².